The molecule has 0 saturated carbocycles. The average molecular weight is 402 g/mol. The molecule has 3 aromatic rings. The zero-order chi connectivity index (χ0) is 19.2. The van der Waals surface area contributed by atoms with Gasteiger partial charge in [0.15, 0.2) is 5.16 Å². The minimum Gasteiger partial charge on any atom is -0.322 e. The van der Waals surface area contributed by atoms with Gasteiger partial charge in [-0.1, -0.05) is 42.1 Å². The average Bonchev–Trinajstić information content (AvgIpc) is 3.24. The van der Waals surface area contributed by atoms with Crippen molar-refractivity contribution in [1.82, 2.24) is 25.4 Å². The predicted molar refractivity (Wildman–Crippen MR) is 106 cm³/mol. The van der Waals surface area contributed by atoms with Gasteiger partial charge in [-0.25, -0.2) is 9.97 Å². The molecule has 2 aromatic heterocycles. The number of amides is 2. The summed E-state index contributed by atoms with van der Waals surface area (Å²) in [5, 5.41) is 3.33. The molecule has 0 bridgehead atoms. The SMILES string of the molecule is Cc1csc(CC(=O)NNC(=O)CSc2ncc(-c3ccccc3)n2C)n1. The summed E-state index contributed by atoms with van der Waals surface area (Å²) in [6.07, 6.45) is 1.93. The molecule has 0 aliphatic rings. The van der Waals surface area contributed by atoms with E-state index in [1.54, 1.807) is 6.20 Å². The van der Waals surface area contributed by atoms with Crippen LogP contribution in [0.25, 0.3) is 11.3 Å². The van der Waals surface area contributed by atoms with E-state index in [0.29, 0.717) is 0 Å². The highest BCUT2D eigenvalue weighted by molar-refractivity contribution is 7.99. The quantitative estimate of drug-likeness (QED) is 0.489. The predicted octanol–water partition coefficient (Wildman–Crippen LogP) is 2.33. The topological polar surface area (TPSA) is 88.9 Å². The highest BCUT2D eigenvalue weighted by Gasteiger charge is 2.12. The fourth-order valence-corrected chi connectivity index (χ4v) is 3.90. The van der Waals surface area contributed by atoms with Gasteiger partial charge in [-0.3, -0.25) is 20.4 Å². The summed E-state index contributed by atoms with van der Waals surface area (Å²) in [5.41, 5.74) is 7.75. The van der Waals surface area contributed by atoms with E-state index in [1.807, 2.05) is 54.3 Å². The Morgan fingerprint density at radius 2 is 1.93 bits per heavy atom. The molecule has 0 saturated heterocycles. The van der Waals surface area contributed by atoms with Gasteiger partial charge < -0.3 is 4.57 Å². The number of imidazole rings is 1. The summed E-state index contributed by atoms with van der Waals surface area (Å²) in [7, 11) is 1.91. The largest absolute Gasteiger partial charge is 0.322 e. The first-order valence-corrected chi connectivity index (χ1v) is 10.1. The van der Waals surface area contributed by atoms with E-state index < -0.39 is 0 Å². The smallest absolute Gasteiger partial charge is 0.248 e. The van der Waals surface area contributed by atoms with Gasteiger partial charge in [0.2, 0.25) is 11.8 Å². The Labute approximate surface area is 165 Å². The highest BCUT2D eigenvalue weighted by Crippen LogP contribution is 2.24. The van der Waals surface area contributed by atoms with Crippen molar-refractivity contribution in [3.63, 3.8) is 0 Å². The molecule has 0 radical (unpaired) electrons. The van der Waals surface area contributed by atoms with Gasteiger partial charge in [0.1, 0.15) is 5.01 Å². The van der Waals surface area contributed by atoms with E-state index in [0.717, 1.165) is 27.1 Å². The first-order valence-electron chi connectivity index (χ1n) is 8.21. The fraction of sp³-hybridized carbons (Fsp3) is 0.222. The van der Waals surface area contributed by atoms with Crippen LogP contribution in [-0.4, -0.2) is 32.1 Å². The Bertz CT molecular complexity index is 936. The van der Waals surface area contributed by atoms with Gasteiger partial charge >= 0.3 is 0 Å². The maximum atomic E-state index is 12.0. The second kappa shape index (κ2) is 8.83. The molecule has 0 spiro atoms. The van der Waals surface area contributed by atoms with Crippen LogP contribution in [0.3, 0.4) is 0 Å². The summed E-state index contributed by atoms with van der Waals surface area (Å²) in [5.74, 6) is -0.450. The molecule has 2 amide bonds. The zero-order valence-corrected chi connectivity index (χ0v) is 16.6. The Morgan fingerprint density at radius 3 is 2.63 bits per heavy atom. The van der Waals surface area contributed by atoms with Crippen LogP contribution in [0.5, 0.6) is 0 Å². The van der Waals surface area contributed by atoms with Crippen LogP contribution >= 0.6 is 23.1 Å². The lowest BCUT2D eigenvalue weighted by atomic mass is 10.2. The minimum atomic E-state index is -0.300. The van der Waals surface area contributed by atoms with Crippen molar-refractivity contribution in [2.45, 2.75) is 18.5 Å². The molecule has 140 valence electrons. The summed E-state index contributed by atoms with van der Waals surface area (Å²) in [6, 6.07) is 9.93. The molecule has 1 aromatic carbocycles. The number of nitrogens with one attached hydrogen (secondary N) is 2. The number of hydrazine groups is 1. The van der Waals surface area contributed by atoms with E-state index in [4.69, 9.17) is 0 Å². The molecule has 9 heteroatoms. The third kappa shape index (κ3) is 5.18. The van der Waals surface area contributed by atoms with Crippen LogP contribution in [0.2, 0.25) is 0 Å². The number of aryl methyl sites for hydroxylation is 1. The molecule has 2 N–H and O–H groups in total. The molecule has 0 unspecified atom stereocenters. The van der Waals surface area contributed by atoms with Crippen molar-refractivity contribution in [2.75, 3.05) is 5.75 Å². The fourth-order valence-electron chi connectivity index (χ4n) is 2.37. The monoisotopic (exact) mass is 401 g/mol. The first-order chi connectivity index (χ1) is 13.0. The number of thiazole rings is 1. The number of thioether (sulfide) groups is 1. The molecule has 0 atom stereocenters. The Hall–Kier alpha value is -2.65. The van der Waals surface area contributed by atoms with Crippen molar-refractivity contribution in [3.05, 3.63) is 52.6 Å². The van der Waals surface area contributed by atoms with Gasteiger partial charge in [0.05, 0.1) is 24.1 Å². The molecule has 27 heavy (non-hydrogen) atoms. The van der Waals surface area contributed by atoms with Crippen molar-refractivity contribution < 1.29 is 9.59 Å². The van der Waals surface area contributed by atoms with Crippen molar-refractivity contribution in [1.29, 1.82) is 0 Å². The normalized spacial score (nSPS) is 10.6. The minimum absolute atomic E-state index is 0.145. The van der Waals surface area contributed by atoms with Crippen LogP contribution in [0.4, 0.5) is 0 Å². The summed E-state index contributed by atoms with van der Waals surface area (Å²) in [6.45, 7) is 1.87. The van der Waals surface area contributed by atoms with Gasteiger partial charge in [-0.2, -0.15) is 0 Å². The molecular formula is C18H19N5O2S2. The highest BCUT2D eigenvalue weighted by atomic mass is 32.2. The molecule has 0 aliphatic carbocycles. The van der Waals surface area contributed by atoms with E-state index in [2.05, 4.69) is 20.8 Å². The standard InChI is InChI=1S/C18H19N5O2S2/c1-12-10-26-17(20-12)8-15(24)21-22-16(25)11-27-18-19-9-14(23(18)2)13-6-4-3-5-7-13/h3-7,9-10H,8,11H2,1-2H3,(H,21,24)(H,22,25). The maximum Gasteiger partial charge on any atom is 0.248 e. The molecular weight excluding hydrogens is 382 g/mol. The lowest BCUT2D eigenvalue weighted by molar-refractivity contribution is -0.127. The van der Waals surface area contributed by atoms with Gasteiger partial charge in [0, 0.05) is 18.1 Å². The lowest BCUT2D eigenvalue weighted by Crippen LogP contribution is -2.43. The van der Waals surface area contributed by atoms with Crippen LogP contribution in [0.15, 0.2) is 47.1 Å². The first kappa shape index (κ1) is 19.1. The van der Waals surface area contributed by atoms with Gasteiger partial charge in [0.25, 0.3) is 0 Å². The number of carbonyl (C=O) groups is 2. The zero-order valence-electron chi connectivity index (χ0n) is 14.9. The van der Waals surface area contributed by atoms with E-state index in [-0.39, 0.29) is 24.0 Å². The van der Waals surface area contributed by atoms with E-state index in [1.165, 1.54) is 23.1 Å². The summed E-state index contributed by atoms with van der Waals surface area (Å²) in [4.78, 5) is 32.4. The number of nitrogens with zero attached hydrogens (tertiary/aromatic N) is 3. The van der Waals surface area contributed by atoms with Crippen LogP contribution in [-0.2, 0) is 23.1 Å². The van der Waals surface area contributed by atoms with Crippen LogP contribution in [0.1, 0.15) is 10.7 Å². The molecule has 0 aliphatic heterocycles. The van der Waals surface area contributed by atoms with Gasteiger partial charge in [-0.15, -0.1) is 11.3 Å². The second-order valence-electron chi connectivity index (χ2n) is 5.80. The Balaban J connectivity index is 1.47. The van der Waals surface area contributed by atoms with Crippen LogP contribution in [0, 0.1) is 6.92 Å². The third-order valence-corrected chi connectivity index (χ3v) is 5.68. The molecule has 7 nitrogen and oxygen atoms in total. The van der Waals surface area contributed by atoms with Crippen LogP contribution < -0.4 is 10.9 Å². The van der Waals surface area contributed by atoms with Crippen molar-refractivity contribution in [3.8, 4) is 11.3 Å². The maximum absolute atomic E-state index is 12.0. The molecule has 2 heterocycles. The van der Waals surface area contributed by atoms with E-state index in [9.17, 15) is 9.59 Å². The third-order valence-electron chi connectivity index (χ3n) is 3.67. The van der Waals surface area contributed by atoms with Crippen molar-refractivity contribution >= 4 is 34.9 Å². The van der Waals surface area contributed by atoms with Gasteiger partial charge in [-0.05, 0) is 12.5 Å². The lowest BCUT2D eigenvalue weighted by Gasteiger charge is -2.07. The second-order valence-corrected chi connectivity index (χ2v) is 7.68. The van der Waals surface area contributed by atoms with Crippen molar-refractivity contribution in [2.24, 2.45) is 7.05 Å². The molecule has 0 fully saturated rings. The number of benzene rings is 1. The summed E-state index contributed by atoms with van der Waals surface area (Å²) < 4.78 is 1.94. The number of aromatic nitrogens is 3. The summed E-state index contributed by atoms with van der Waals surface area (Å²) >= 11 is 2.73. The van der Waals surface area contributed by atoms with E-state index >= 15 is 0 Å². The number of carbonyl (C=O) groups excluding carboxylic acids is 2. The Kier molecular flexibility index (Phi) is 6.25. The number of hydrogen-bond acceptors (Lipinski definition) is 6. The number of hydrogen-bond donors (Lipinski definition) is 2. The Morgan fingerprint density at radius 1 is 1.19 bits per heavy atom. The molecule has 3 rings (SSSR count). The number of rotatable bonds is 6.